The molecule has 0 aliphatic carbocycles. The van der Waals surface area contributed by atoms with Crippen molar-refractivity contribution in [2.24, 2.45) is 5.92 Å². The molecule has 1 aliphatic rings. The van der Waals surface area contributed by atoms with Crippen LogP contribution in [0.3, 0.4) is 0 Å². The Hall–Kier alpha value is -3.61. The second-order valence-corrected chi connectivity index (χ2v) is 7.67. The van der Waals surface area contributed by atoms with E-state index in [1.807, 2.05) is 36.4 Å². The number of carbonyl (C=O) groups excluding carboxylic acids is 2. The number of hydrogen-bond acceptors (Lipinski definition) is 6. The number of hydrogen-bond donors (Lipinski definition) is 0. The molecule has 31 heavy (non-hydrogen) atoms. The Balaban J connectivity index is 1.53. The zero-order valence-corrected chi connectivity index (χ0v) is 17.1. The van der Waals surface area contributed by atoms with Crippen molar-refractivity contribution in [1.82, 2.24) is 4.90 Å². The molecule has 7 heteroatoms. The molecule has 1 saturated heterocycles. The lowest BCUT2D eigenvalue weighted by Crippen LogP contribution is -2.45. The van der Waals surface area contributed by atoms with Gasteiger partial charge in [0.15, 0.2) is 6.61 Å². The highest BCUT2D eigenvalue weighted by molar-refractivity contribution is 5.95. The van der Waals surface area contributed by atoms with Crippen LogP contribution < -0.4 is 15.5 Å². The predicted octanol–water partition coefficient (Wildman–Crippen LogP) is 2.14. The van der Waals surface area contributed by atoms with Gasteiger partial charge in [-0.05, 0) is 43.0 Å². The first kappa shape index (κ1) is 20.7. The summed E-state index contributed by atoms with van der Waals surface area (Å²) in [4.78, 5) is 37.2. The van der Waals surface area contributed by atoms with Gasteiger partial charge in [0.05, 0.1) is 0 Å². The Morgan fingerprint density at radius 2 is 1.84 bits per heavy atom. The quantitative estimate of drug-likeness (QED) is 0.587. The Labute approximate surface area is 178 Å². The van der Waals surface area contributed by atoms with Crippen LogP contribution in [-0.4, -0.2) is 36.5 Å². The molecule has 2 heterocycles. The van der Waals surface area contributed by atoms with Crippen LogP contribution in [0, 0.1) is 12.8 Å². The van der Waals surface area contributed by atoms with E-state index in [4.69, 9.17) is 9.15 Å². The second kappa shape index (κ2) is 8.63. The average Bonchev–Trinajstić information content (AvgIpc) is 2.79. The Morgan fingerprint density at radius 1 is 1.13 bits per heavy atom. The number of carbonyl (C=O) groups is 2. The summed E-state index contributed by atoms with van der Waals surface area (Å²) in [5, 5.41) is 11.7. The van der Waals surface area contributed by atoms with E-state index in [0.29, 0.717) is 42.8 Å². The first-order chi connectivity index (χ1) is 14.9. The molecular formula is C24H22NO6-. The van der Waals surface area contributed by atoms with E-state index in [1.165, 1.54) is 6.07 Å². The highest BCUT2D eigenvalue weighted by Crippen LogP contribution is 2.33. The molecule has 0 unspecified atom stereocenters. The van der Waals surface area contributed by atoms with Crippen LogP contribution in [0.25, 0.3) is 22.1 Å². The smallest absolute Gasteiger partial charge is 0.336 e. The van der Waals surface area contributed by atoms with Gasteiger partial charge in [0, 0.05) is 42.0 Å². The first-order valence-corrected chi connectivity index (χ1v) is 10.2. The summed E-state index contributed by atoms with van der Waals surface area (Å²) in [7, 11) is 0. The lowest BCUT2D eigenvalue weighted by atomic mass is 9.97. The molecule has 1 aromatic heterocycles. The van der Waals surface area contributed by atoms with Crippen molar-refractivity contribution in [2.45, 2.75) is 19.8 Å². The molecule has 160 valence electrons. The number of carboxylic acid groups (broad SMARTS) is 1. The van der Waals surface area contributed by atoms with Crippen molar-refractivity contribution in [3.8, 4) is 16.9 Å². The fourth-order valence-corrected chi connectivity index (χ4v) is 3.95. The third kappa shape index (κ3) is 4.30. The fraction of sp³-hybridized carbons (Fsp3) is 0.292. The number of nitrogens with zero attached hydrogens (tertiary/aromatic N) is 1. The standard InChI is InChI=1S/C24H23NO6/c1-15-20(30-14-21(26)25-11-9-17(10-12-25)24(28)29)8-7-18-19(13-22(27)31-23(15)18)16-5-3-2-4-6-16/h2-8,13,17H,9-12,14H2,1H3,(H,28,29)/p-1. The summed E-state index contributed by atoms with van der Waals surface area (Å²) in [5.41, 5.74) is 2.28. The molecular weight excluding hydrogens is 398 g/mol. The third-order valence-corrected chi connectivity index (χ3v) is 5.73. The molecule has 1 fully saturated rings. The number of carboxylic acids is 1. The average molecular weight is 420 g/mol. The number of amides is 1. The first-order valence-electron chi connectivity index (χ1n) is 10.2. The summed E-state index contributed by atoms with van der Waals surface area (Å²) in [6, 6.07) is 14.6. The maximum atomic E-state index is 12.5. The molecule has 0 radical (unpaired) electrons. The van der Waals surface area contributed by atoms with Gasteiger partial charge in [-0.25, -0.2) is 4.79 Å². The van der Waals surface area contributed by atoms with Gasteiger partial charge in [0.1, 0.15) is 11.3 Å². The molecule has 0 saturated carbocycles. The van der Waals surface area contributed by atoms with E-state index >= 15 is 0 Å². The molecule has 0 bridgehead atoms. The van der Waals surface area contributed by atoms with Crippen LogP contribution in [-0.2, 0) is 9.59 Å². The third-order valence-electron chi connectivity index (χ3n) is 5.73. The van der Waals surface area contributed by atoms with Crippen molar-refractivity contribution in [3.63, 3.8) is 0 Å². The highest BCUT2D eigenvalue weighted by atomic mass is 16.5. The number of aryl methyl sites for hydroxylation is 1. The molecule has 3 aromatic rings. The molecule has 2 aromatic carbocycles. The lowest BCUT2D eigenvalue weighted by Gasteiger charge is -2.32. The van der Waals surface area contributed by atoms with Gasteiger partial charge in [-0.15, -0.1) is 0 Å². The predicted molar refractivity (Wildman–Crippen MR) is 112 cm³/mol. The van der Waals surface area contributed by atoms with Crippen molar-refractivity contribution in [2.75, 3.05) is 19.7 Å². The minimum absolute atomic E-state index is 0.176. The van der Waals surface area contributed by atoms with Crippen LogP contribution in [0.15, 0.2) is 57.7 Å². The van der Waals surface area contributed by atoms with E-state index in [1.54, 1.807) is 17.9 Å². The van der Waals surface area contributed by atoms with Gasteiger partial charge >= 0.3 is 5.63 Å². The number of ether oxygens (including phenoxy) is 1. The van der Waals surface area contributed by atoms with Crippen LogP contribution in [0.2, 0.25) is 0 Å². The highest BCUT2D eigenvalue weighted by Gasteiger charge is 2.24. The topological polar surface area (TPSA) is 99.9 Å². The van der Waals surface area contributed by atoms with Gasteiger partial charge in [0.25, 0.3) is 5.91 Å². The number of benzene rings is 2. The van der Waals surface area contributed by atoms with Crippen molar-refractivity contribution in [3.05, 3.63) is 64.5 Å². The number of piperidine rings is 1. The zero-order valence-electron chi connectivity index (χ0n) is 17.1. The number of aliphatic carboxylic acids is 1. The Kier molecular flexibility index (Phi) is 5.75. The summed E-state index contributed by atoms with van der Waals surface area (Å²) in [5.74, 6) is -1.32. The number of rotatable bonds is 5. The monoisotopic (exact) mass is 420 g/mol. The largest absolute Gasteiger partial charge is 0.550 e. The lowest BCUT2D eigenvalue weighted by molar-refractivity contribution is -0.312. The van der Waals surface area contributed by atoms with Crippen LogP contribution in [0.1, 0.15) is 18.4 Å². The van der Waals surface area contributed by atoms with Crippen molar-refractivity contribution in [1.29, 1.82) is 0 Å². The maximum Gasteiger partial charge on any atom is 0.336 e. The summed E-state index contributed by atoms with van der Waals surface area (Å²) >= 11 is 0. The van der Waals surface area contributed by atoms with Crippen molar-refractivity contribution >= 4 is 22.8 Å². The minimum Gasteiger partial charge on any atom is -0.550 e. The van der Waals surface area contributed by atoms with Crippen LogP contribution in [0.4, 0.5) is 0 Å². The summed E-state index contributed by atoms with van der Waals surface area (Å²) in [6.07, 6.45) is 0.771. The van der Waals surface area contributed by atoms with E-state index in [-0.39, 0.29) is 12.5 Å². The van der Waals surface area contributed by atoms with Gasteiger partial charge < -0.3 is 24.0 Å². The van der Waals surface area contributed by atoms with Gasteiger partial charge in [-0.3, -0.25) is 4.79 Å². The van der Waals surface area contributed by atoms with Crippen LogP contribution in [0.5, 0.6) is 5.75 Å². The SMILES string of the molecule is Cc1c(OCC(=O)N2CCC(C(=O)[O-])CC2)ccc2c(-c3ccccc3)cc(=O)oc12. The normalized spacial score (nSPS) is 14.5. The molecule has 1 amide bonds. The van der Waals surface area contributed by atoms with Gasteiger partial charge in [0.2, 0.25) is 0 Å². The maximum absolute atomic E-state index is 12.5. The van der Waals surface area contributed by atoms with Crippen molar-refractivity contribution < 1.29 is 23.8 Å². The fourth-order valence-electron chi connectivity index (χ4n) is 3.95. The molecule has 1 aliphatic heterocycles. The zero-order chi connectivity index (χ0) is 22.0. The van der Waals surface area contributed by atoms with E-state index in [0.717, 1.165) is 16.5 Å². The second-order valence-electron chi connectivity index (χ2n) is 7.67. The van der Waals surface area contributed by atoms with E-state index in [2.05, 4.69) is 0 Å². The summed E-state index contributed by atoms with van der Waals surface area (Å²) in [6.45, 7) is 2.34. The summed E-state index contributed by atoms with van der Waals surface area (Å²) < 4.78 is 11.2. The molecule has 7 nitrogen and oxygen atoms in total. The molecule has 0 N–H and O–H groups in total. The molecule has 0 atom stereocenters. The Morgan fingerprint density at radius 3 is 2.52 bits per heavy atom. The van der Waals surface area contributed by atoms with E-state index < -0.39 is 17.5 Å². The van der Waals surface area contributed by atoms with Gasteiger partial charge in [-0.1, -0.05) is 30.3 Å². The van der Waals surface area contributed by atoms with Gasteiger partial charge in [-0.2, -0.15) is 0 Å². The Bertz CT molecular complexity index is 1180. The molecule has 0 spiro atoms. The number of likely N-dealkylation sites (tertiary alicyclic amines) is 1. The molecule has 4 rings (SSSR count). The van der Waals surface area contributed by atoms with E-state index in [9.17, 15) is 19.5 Å². The number of fused-ring (bicyclic) bond motifs is 1. The minimum atomic E-state index is -1.06. The van der Waals surface area contributed by atoms with Crippen LogP contribution >= 0.6 is 0 Å².